The van der Waals surface area contributed by atoms with Gasteiger partial charge in [-0.05, 0) is 37.8 Å². The largest absolute Gasteiger partial charge is 0.496 e. The number of aromatic carboxylic acids is 1. The van der Waals surface area contributed by atoms with Crippen LogP contribution in [0.2, 0.25) is 0 Å². The van der Waals surface area contributed by atoms with E-state index < -0.39 is 5.97 Å². The molecule has 2 aromatic heterocycles. The quantitative estimate of drug-likeness (QED) is 0.765. The van der Waals surface area contributed by atoms with Crippen LogP contribution >= 0.6 is 0 Å². The Morgan fingerprint density at radius 3 is 2.59 bits per heavy atom. The zero-order valence-corrected chi connectivity index (χ0v) is 15.0. The molecular weight excluding hydrogens is 346 g/mol. The number of carboxylic acids is 1. The van der Waals surface area contributed by atoms with Gasteiger partial charge in [0.05, 0.1) is 18.7 Å². The first kappa shape index (κ1) is 17.3. The van der Waals surface area contributed by atoms with Gasteiger partial charge in [-0.25, -0.2) is 4.79 Å². The zero-order valence-electron chi connectivity index (χ0n) is 15.0. The van der Waals surface area contributed by atoms with Crippen molar-refractivity contribution in [3.8, 4) is 5.75 Å². The maximum Gasteiger partial charge on any atom is 0.339 e. The maximum atomic E-state index is 12.0. The molecule has 0 amide bonds. The maximum absolute atomic E-state index is 12.0. The Kier molecular flexibility index (Phi) is 4.43. The lowest BCUT2D eigenvalue weighted by atomic mass is 9.91. The molecule has 0 spiro atoms. The van der Waals surface area contributed by atoms with E-state index in [1.807, 2.05) is 27.7 Å². The molecule has 0 atom stereocenters. The van der Waals surface area contributed by atoms with Crippen LogP contribution < -0.4 is 10.3 Å². The summed E-state index contributed by atoms with van der Waals surface area (Å²) in [7, 11) is 1.46. The first-order chi connectivity index (χ1) is 13.1. The zero-order chi connectivity index (χ0) is 19.0. The van der Waals surface area contributed by atoms with Crippen molar-refractivity contribution >= 4 is 16.9 Å². The fraction of sp³-hybridized carbons (Fsp3) is 0.350. The molecule has 7 heteroatoms. The number of carboxylic acid groups (broad SMARTS) is 1. The molecule has 0 unspecified atom stereocenters. The molecular formula is C20H21N3O4. The molecule has 0 saturated heterocycles. The molecule has 0 bridgehead atoms. The van der Waals surface area contributed by atoms with Gasteiger partial charge < -0.3 is 14.4 Å². The summed E-state index contributed by atoms with van der Waals surface area (Å²) in [6.07, 6.45) is 7.42. The number of fused-ring (bicyclic) bond motifs is 1. The van der Waals surface area contributed by atoms with Gasteiger partial charge in [0.25, 0.3) is 5.56 Å². The van der Waals surface area contributed by atoms with Gasteiger partial charge in [-0.15, -0.1) is 0 Å². The summed E-state index contributed by atoms with van der Waals surface area (Å²) in [6, 6.07) is 8.99. The fourth-order valence-electron chi connectivity index (χ4n) is 3.94. The van der Waals surface area contributed by atoms with E-state index >= 15 is 0 Å². The van der Waals surface area contributed by atoms with Gasteiger partial charge in [0.2, 0.25) is 0 Å². The summed E-state index contributed by atoms with van der Waals surface area (Å²) in [4.78, 5) is 23.4. The number of carbonyl (C=O) groups is 1. The number of ether oxygens (including phenoxy) is 1. The third-order valence-electron chi connectivity index (χ3n) is 5.36. The van der Waals surface area contributed by atoms with Gasteiger partial charge >= 0.3 is 5.97 Å². The third kappa shape index (κ3) is 3.20. The van der Waals surface area contributed by atoms with E-state index in [0.29, 0.717) is 5.75 Å². The summed E-state index contributed by atoms with van der Waals surface area (Å²) in [5.41, 5.74) is 0.897. The van der Waals surface area contributed by atoms with Crippen LogP contribution in [0, 0.1) is 0 Å². The highest BCUT2D eigenvalue weighted by Crippen LogP contribution is 2.35. The Morgan fingerprint density at radius 1 is 1.19 bits per heavy atom. The van der Waals surface area contributed by atoms with Crippen LogP contribution in [0.25, 0.3) is 10.9 Å². The second kappa shape index (κ2) is 6.90. The number of aromatic nitrogens is 3. The monoisotopic (exact) mass is 367 g/mol. The lowest BCUT2D eigenvalue weighted by molar-refractivity contribution is 0.0693. The van der Waals surface area contributed by atoms with Crippen molar-refractivity contribution in [2.75, 3.05) is 7.11 Å². The van der Waals surface area contributed by atoms with Gasteiger partial charge in [0, 0.05) is 36.0 Å². The van der Waals surface area contributed by atoms with Crippen LogP contribution in [0.1, 0.15) is 48.1 Å². The lowest BCUT2D eigenvalue weighted by Crippen LogP contribution is -2.27. The molecule has 7 nitrogen and oxygen atoms in total. The lowest BCUT2D eigenvalue weighted by Gasteiger charge is -2.29. The number of methoxy groups -OCH3 is 1. The molecule has 2 heterocycles. The molecule has 1 aromatic carbocycles. The fourth-order valence-corrected chi connectivity index (χ4v) is 3.94. The number of nitrogens with zero attached hydrogens (tertiary/aromatic N) is 3. The molecule has 1 saturated carbocycles. The highest BCUT2D eigenvalue weighted by atomic mass is 16.5. The van der Waals surface area contributed by atoms with Gasteiger partial charge in [0.1, 0.15) is 11.3 Å². The number of rotatable bonds is 4. The van der Waals surface area contributed by atoms with Gasteiger partial charge in [-0.2, -0.15) is 5.10 Å². The van der Waals surface area contributed by atoms with Crippen LogP contribution in [0.15, 0.2) is 47.5 Å². The van der Waals surface area contributed by atoms with E-state index in [1.165, 1.54) is 7.11 Å². The average Bonchev–Trinajstić information content (AvgIpc) is 3.10. The Labute approximate surface area is 155 Å². The van der Waals surface area contributed by atoms with Crippen LogP contribution in [-0.2, 0) is 0 Å². The highest BCUT2D eigenvalue weighted by molar-refractivity contribution is 5.96. The van der Waals surface area contributed by atoms with Gasteiger partial charge in [-0.3, -0.25) is 9.48 Å². The van der Waals surface area contributed by atoms with Crippen molar-refractivity contribution in [2.45, 2.75) is 37.8 Å². The predicted octanol–water partition coefficient (Wildman–Crippen LogP) is 3.26. The molecule has 1 aliphatic rings. The van der Waals surface area contributed by atoms with Crippen LogP contribution in [0.4, 0.5) is 0 Å². The minimum Gasteiger partial charge on any atom is -0.496 e. The van der Waals surface area contributed by atoms with Crippen molar-refractivity contribution in [1.82, 2.24) is 14.3 Å². The Balaban J connectivity index is 1.56. The van der Waals surface area contributed by atoms with Crippen molar-refractivity contribution < 1.29 is 14.6 Å². The van der Waals surface area contributed by atoms with E-state index in [0.717, 1.165) is 36.6 Å². The number of pyridine rings is 1. The number of benzene rings is 1. The molecule has 0 radical (unpaired) electrons. The first-order valence-electron chi connectivity index (χ1n) is 9.04. The second-order valence-electron chi connectivity index (χ2n) is 6.93. The molecule has 1 aliphatic carbocycles. The summed E-state index contributed by atoms with van der Waals surface area (Å²) in [5, 5.41) is 14.8. The van der Waals surface area contributed by atoms with Crippen LogP contribution in [0.5, 0.6) is 5.75 Å². The Hall–Kier alpha value is -3.09. The third-order valence-corrected chi connectivity index (χ3v) is 5.36. The molecule has 1 N–H and O–H groups in total. The highest BCUT2D eigenvalue weighted by Gasteiger charge is 2.25. The minimum atomic E-state index is -1.02. The smallest absolute Gasteiger partial charge is 0.339 e. The SMILES string of the molecule is COc1cc2nn([C@H]3CC[C@H](n4ccccc4=O)CC3)cc2cc1C(=O)O. The summed E-state index contributed by atoms with van der Waals surface area (Å²) < 4.78 is 8.93. The summed E-state index contributed by atoms with van der Waals surface area (Å²) >= 11 is 0. The molecule has 4 rings (SSSR count). The van der Waals surface area contributed by atoms with Crippen molar-refractivity contribution in [2.24, 2.45) is 0 Å². The van der Waals surface area contributed by atoms with E-state index in [2.05, 4.69) is 5.10 Å². The predicted molar refractivity (Wildman–Crippen MR) is 100 cm³/mol. The van der Waals surface area contributed by atoms with E-state index in [9.17, 15) is 14.7 Å². The van der Waals surface area contributed by atoms with Crippen LogP contribution in [0.3, 0.4) is 0 Å². The molecule has 0 aliphatic heterocycles. The molecule has 27 heavy (non-hydrogen) atoms. The van der Waals surface area contributed by atoms with E-state index in [4.69, 9.17) is 4.74 Å². The minimum absolute atomic E-state index is 0.0408. The summed E-state index contributed by atoms with van der Waals surface area (Å²) in [5.74, 6) is -0.706. The van der Waals surface area contributed by atoms with E-state index in [1.54, 1.807) is 24.3 Å². The van der Waals surface area contributed by atoms with E-state index in [-0.39, 0.29) is 23.2 Å². The topological polar surface area (TPSA) is 86.4 Å². The van der Waals surface area contributed by atoms with Crippen molar-refractivity contribution in [3.63, 3.8) is 0 Å². The molecule has 1 fully saturated rings. The van der Waals surface area contributed by atoms with Crippen molar-refractivity contribution in [1.29, 1.82) is 0 Å². The van der Waals surface area contributed by atoms with Gasteiger partial charge in [0.15, 0.2) is 0 Å². The van der Waals surface area contributed by atoms with Crippen LogP contribution in [-0.4, -0.2) is 32.5 Å². The summed E-state index contributed by atoms with van der Waals surface area (Å²) in [6.45, 7) is 0. The molecule has 3 aromatic rings. The number of hydrogen-bond donors (Lipinski definition) is 1. The number of hydrogen-bond acceptors (Lipinski definition) is 4. The van der Waals surface area contributed by atoms with Gasteiger partial charge in [-0.1, -0.05) is 6.07 Å². The first-order valence-corrected chi connectivity index (χ1v) is 9.04. The Morgan fingerprint density at radius 2 is 1.93 bits per heavy atom. The second-order valence-corrected chi connectivity index (χ2v) is 6.93. The average molecular weight is 367 g/mol. The molecule has 140 valence electrons. The van der Waals surface area contributed by atoms with Crippen molar-refractivity contribution in [3.05, 3.63) is 58.6 Å². The normalized spacial score (nSPS) is 19.9. The Bertz CT molecular complexity index is 1040. The standard InChI is InChI=1S/C20H21N3O4/c1-27-18-11-17-13(10-16(18)20(25)26)12-23(21-17)15-7-5-14(6-8-15)22-9-3-2-4-19(22)24/h2-4,9-12,14-15H,5-8H2,1H3,(H,25,26)/t14-,15-.